The van der Waals surface area contributed by atoms with Crippen LogP contribution in [0.4, 0.5) is 0 Å². The molecule has 1 rings (SSSR count). The summed E-state index contributed by atoms with van der Waals surface area (Å²) < 4.78 is 0. The highest BCUT2D eigenvalue weighted by atomic mass is 16.1. The third-order valence-corrected chi connectivity index (χ3v) is 2.76. The van der Waals surface area contributed by atoms with Crippen molar-refractivity contribution in [1.82, 2.24) is 0 Å². The van der Waals surface area contributed by atoms with Crippen LogP contribution in [0.2, 0.25) is 0 Å². The molecule has 0 aliphatic carbocycles. The van der Waals surface area contributed by atoms with Crippen LogP contribution in [-0.2, 0) is 16.0 Å². The van der Waals surface area contributed by atoms with Crippen LogP contribution in [0.15, 0.2) is 30.3 Å². The summed E-state index contributed by atoms with van der Waals surface area (Å²) in [7, 11) is 0. The molecule has 2 heteroatoms. The van der Waals surface area contributed by atoms with E-state index in [1.54, 1.807) is 0 Å². The molecule has 0 spiro atoms. The van der Waals surface area contributed by atoms with Crippen molar-refractivity contribution < 1.29 is 9.59 Å². The molecule has 0 unspecified atom stereocenters. The van der Waals surface area contributed by atoms with Crippen molar-refractivity contribution in [1.29, 1.82) is 0 Å². The largest absolute Gasteiger partial charge is 0.299 e. The maximum atomic E-state index is 11.8. The van der Waals surface area contributed by atoms with E-state index in [0.29, 0.717) is 6.42 Å². The lowest BCUT2D eigenvalue weighted by Gasteiger charge is -2.18. The van der Waals surface area contributed by atoms with Gasteiger partial charge in [-0.05, 0) is 12.0 Å². The summed E-state index contributed by atoms with van der Waals surface area (Å²) in [6.45, 7) is 5.62. The zero-order valence-electron chi connectivity index (χ0n) is 10.7. The second-order valence-electron chi connectivity index (χ2n) is 5.38. The molecule has 17 heavy (non-hydrogen) atoms. The maximum absolute atomic E-state index is 11.8. The second kappa shape index (κ2) is 5.76. The van der Waals surface area contributed by atoms with Crippen molar-refractivity contribution >= 4 is 12.1 Å². The van der Waals surface area contributed by atoms with Gasteiger partial charge in [0.05, 0.1) is 0 Å². The first-order valence-corrected chi connectivity index (χ1v) is 5.88. The van der Waals surface area contributed by atoms with E-state index < -0.39 is 0 Å². The van der Waals surface area contributed by atoms with E-state index in [0.717, 1.165) is 5.56 Å². The lowest BCUT2D eigenvalue weighted by molar-refractivity contribution is -0.126. The first kappa shape index (κ1) is 13.6. The minimum absolute atomic E-state index is 0.113. The van der Waals surface area contributed by atoms with Crippen molar-refractivity contribution in [2.75, 3.05) is 0 Å². The van der Waals surface area contributed by atoms with E-state index in [9.17, 15) is 9.59 Å². The predicted molar refractivity (Wildman–Crippen MR) is 68.4 cm³/mol. The summed E-state index contributed by atoms with van der Waals surface area (Å²) in [6, 6.07) is 9.73. The molecule has 91 valence electrons. The SMILES string of the molecule is CC(C)(C)C(=O)C[C@H]([C]=O)Cc1ccccc1. The van der Waals surface area contributed by atoms with Gasteiger partial charge in [-0.15, -0.1) is 0 Å². The summed E-state index contributed by atoms with van der Waals surface area (Å²) in [4.78, 5) is 22.7. The number of Topliss-reactive ketones (excluding diaryl/α,β-unsaturated/α-hetero) is 1. The third kappa shape index (κ3) is 4.51. The van der Waals surface area contributed by atoms with Gasteiger partial charge >= 0.3 is 0 Å². The van der Waals surface area contributed by atoms with Gasteiger partial charge in [-0.3, -0.25) is 9.59 Å². The Morgan fingerprint density at radius 3 is 2.29 bits per heavy atom. The van der Waals surface area contributed by atoms with E-state index in [-0.39, 0.29) is 23.5 Å². The average Bonchev–Trinajstić information content (AvgIpc) is 2.28. The van der Waals surface area contributed by atoms with E-state index in [1.165, 1.54) is 0 Å². The van der Waals surface area contributed by atoms with Crippen LogP contribution in [0.3, 0.4) is 0 Å². The van der Waals surface area contributed by atoms with Gasteiger partial charge in [-0.25, -0.2) is 0 Å². The lowest BCUT2D eigenvalue weighted by Crippen LogP contribution is -2.24. The van der Waals surface area contributed by atoms with E-state index in [4.69, 9.17) is 0 Å². The topological polar surface area (TPSA) is 34.1 Å². The highest BCUT2D eigenvalue weighted by Gasteiger charge is 2.24. The number of hydrogen-bond acceptors (Lipinski definition) is 2. The number of rotatable bonds is 5. The smallest absolute Gasteiger partial charge is 0.202 e. The monoisotopic (exact) mass is 231 g/mol. The van der Waals surface area contributed by atoms with Crippen LogP contribution in [0.5, 0.6) is 0 Å². The number of benzene rings is 1. The maximum Gasteiger partial charge on any atom is 0.202 e. The molecule has 2 nitrogen and oxygen atoms in total. The van der Waals surface area contributed by atoms with Crippen molar-refractivity contribution in [2.24, 2.45) is 11.3 Å². The van der Waals surface area contributed by atoms with Crippen molar-refractivity contribution in [3.63, 3.8) is 0 Å². The Morgan fingerprint density at radius 2 is 1.82 bits per heavy atom. The zero-order valence-corrected chi connectivity index (χ0v) is 10.7. The average molecular weight is 231 g/mol. The Morgan fingerprint density at radius 1 is 1.24 bits per heavy atom. The van der Waals surface area contributed by atoms with Gasteiger partial charge in [0.25, 0.3) is 0 Å². The molecule has 0 aliphatic rings. The molecule has 0 heterocycles. The van der Waals surface area contributed by atoms with Crippen LogP contribution in [0, 0.1) is 11.3 Å². The van der Waals surface area contributed by atoms with Gasteiger partial charge < -0.3 is 0 Å². The van der Waals surface area contributed by atoms with Crippen molar-refractivity contribution in [3.05, 3.63) is 35.9 Å². The lowest BCUT2D eigenvalue weighted by atomic mass is 9.84. The molecule has 0 bridgehead atoms. The number of carbonyl (C=O) groups excluding carboxylic acids is 2. The molecule has 1 aromatic rings. The fourth-order valence-corrected chi connectivity index (χ4v) is 1.58. The summed E-state index contributed by atoms with van der Waals surface area (Å²) in [5, 5.41) is 0. The van der Waals surface area contributed by atoms with Gasteiger partial charge in [-0.2, -0.15) is 0 Å². The highest BCUT2D eigenvalue weighted by molar-refractivity contribution is 5.85. The molecule has 0 aromatic heterocycles. The van der Waals surface area contributed by atoms with E-state index in [2.05, 4.69) is 0 Å². The van der Waals surface area contributed by atoms with Crippen LogP contribution in [-0.4, -0.2) is 12.1 Å². The molecule has 0 fully saturated rings. The Balaban J connectivity index is 2.62. The summed E-state index contributed by atoms with van der Waals surface area (Å²) in [5.74, 6) is -0.217. The third-order valence-electron chi connectivity index (χ3n) is 2.76. The van der Waals surface area contributed by atoms with Crippen LogP contribution in [0.25, 0.3) is 0 Å². The van der Waals surface area contributed by atoms with Crippen molar-refractivity contribution in [3.8, 4) is 0 Å². The first-order chi connectivity index (χ1) is 7.93. The minimum atomic E-state index is -0.383. The summed E-state index contributed by atoms with van der Waals surface area (Å²) in [6.07, 6.45) is 2.85. The summed E-state index contributed by atoms with van der Waals surface area (Å²) in [5.41, 5.74) is 0.689. The first-order valence-electron chi connectivity index (χ1n) is 5.88. The Hall–Kier alpha value is -1.44. The van der Waals surface area contributed by atoms with E-state index >= 15 is 0 Å². The molecule has 0 amide bonds. The van der Waals surface area contributed by atoms with Gasteiger partial charge in [0.2, 0.25) is 6.29 Å². The number of hydrogen-bond donors (Lipinski definition) is 0. The fourth-order valence-electron chi connectivity index (χ4n) is 1.58. The van der Waals surface area contributed by atoms with Gasteiger partial charge in [0.1, 0.15) is 5.78 Å². The standard InChI is InChI=1S/C15H19O2/c1-15(2,3)14(17)10-13(11-16)9-12-7-5-4-6-8-12/h4-8,13H,9-10H2,1-3H3/t13-/m1/s1. The molecular formula is C15H19O2. The molecular weight excluding hydrogens is 212 g/mol. The molecule has 0 N–H and O–H groups in total. The van der Waals surface area contributed by atoms with Crippen molar-refractivity contribution in [2.45, 2.75) is 33.6 Å². The minimum Gasteiger partial charge on any atom is -0.299 e. The normalized spacial score (nSPS) is 13.1. The second-order valence-corrected chi connectivity index (χ2v) is 5.38. The molecule has 1 radical (unpaired) electrons. The Kier molecular flexibility index (Phi) is 4.62. The molecule has 1 atom stereocenters. The zero-order chi connectivity index (χ0) is 12.9. The van der Waals surface area contributed by atoms with Crippen LogP contribution < -0.4 is 0 Å². The molecule has 0 saturated carbocycles. The van der Waals surface area contributed by atoms with Gasteiger partial charge in [0.15, 0.2) is 0 Å². The highest BCUT2D eigenvalue weighted by Crippen LogP contribution is 2.21. The number of carbonyl (C=O) groups is 1. The number of ketones is 1. The summed E-state index contributed by atoms with van der Waals surface area (Å²) >= 11 is 0. The predicted octanol–water partition coefficient (Wildman–Crippen LogP) is 2.96. The Labute approximate surface area is 103 Å². The van der Waals surface area contributed by atoms with Gasteiger partial charge in [0, 0.05) is 17.8 Å². The van der Waals surface area contributed by atoms with Gasteiger partial charge in [-0.1, -0.05) is 51.1 Å². The molecule has 0 saturated heterocycles. The van der Waals surface area contributed by atoms with Crippen LogP contribution >= 0.6 is 0 Å². The molecule has 1 aromatic carbocycles. The van der Waals surface area contributed by atoms with Crippen LogP contribution in [0.1, 0.15) is 32.8 Å². The quantitative estimate of drug-likeness (QED) is 0.780. The molecule has 0 aliphatic heterocycles. The fraction of sp³-hybridized carbons (Fsp3) is 0.467. The van der Waals surface area contributed by atoms with E-state index in [1.807, 2.05) is 57.4 Å². The Bertz CT molecular complexity index is 374.